The second-order valence-corrected chi connectivity index (χ2v) is 4.83. The summed E-state index contributed by atoms with van der Waals surface area (Å²) in [5.74, 6) is -1.42. The van der Waals surface area contributed by atoms with E-state index in [1.807, 2.05) is 6.92 Å². The van der Waals surface area contributed by atoms with Crippen molar-refractivity contribution in [2.45, 2.75) is 6.92 Å². The van der Waals surface area contributed by atoms with Crippen LogP contribution in [0.2, 0.25) is 0 Å². The average Bonchev–Trinajstić information content (AvgIpc) is 2.47. The molecule has 0 aromatic heterocycles. The van der Waals surface area contributed by atoms with Crippen LogP contribution in [0.4, 0.5) is 8.78 Å². The van der Waals surface area contributed by atoms with Crippen LogP contribution < -0.4 is 10.9 Å². The van der Waals surface area contributed by atoms with E-state index in [2.05, 4.69) is 10.9 Å². The van der Waals surface area contributed by atoms with Gasteiger partial charge in [-0.3, -0.25) is 10.2 Å². The minimum atomic E-state index is -0.575. The Morgan fingerprint density at radius 1 is 1.14 bits per heavy atom. The minimum Gasteiger partial charge on any atom is -0.287 e. The van der Waals surface area contributed by atoms with Crippen LogP contribution in [0.1, 0.15) is 22.8 Å². The van der Waals surface area contributed by atoms with Crippen molar-refractivity contribution in [3.63, 3.8) is 0 Å². The fraction of sp³-hybridized carbons (Fsp3) is 0.118. The zero-order chi connectivity index (χ0) is 15.9. The third-order valence-electron chi connectivity index (χ3n) is 2.95. The van der Waals surface area contributed by atoms with Crippen LogP contribution in [-0.4, -0.2) is 12.5 Å². The molecular formula is C17H16F2N2O. The average molecular weight is 302 g/mol. The molecule has 2 N–H and O–H groups in total. The number of hydrogen-bond donors (Lipinski definition) is 2. The smallest absolute Gasteiger partial charge is 0.268 e. The molecule has 22 heavy (non-hydrogen) atoms. The molecule has 0 saturated carbocycles. The molecule has 0 aliphatic rings. The molecule has 5 heteroatoms. The molecule has 1 amide bonds. The lowest BCUT2D eigenvalue weighted by Gasteiger charge is -2.08. The Kier molecular flexibility index (Phi) is 5.38. The number of hydrazine groups is 1. The van der Waals surface area contributed by atoms with E-state index in [0.29, 0.717) is 6.54 Å². The van der Waals surface area contributed by atoms with E-state index in [4.69, 9.17) is 0 Å². The van der Waals surface area contributed by atoms with Crippen molar-refractivity contribution in [3.8, 4) is 0 Å². The molecule has 0 atom stereocenters. The molecule has 0 radical (unpaired) electrons. The molecule has 0 saturated heterocycles. The lowest BCUT2D eigenvalue weighted by molar-refractivity contribution is 0.0931. The van der Waals surface area contributed by atoms with Gasteiger partial charge in [-0.15, -0.1) is 0 Å². The molecule has 0 bridgehead atoms. The number of benzene rings is 2. The van der Waals surface area contributed by atoms with Crippen LogP contribution in [0.25, 0.3) is 6.08 Å². The van der Waals surface area contributed by atoms with Gasteiger partial charge in [0.15, 0.2) is 0 Å². The van der Waals surface area contributed by atoms with Crippen LogP contribution in [0.3, 0.4) is 0 Å². The van der Waals surface area contributed by atoms with E-state index in [-0.39, 0.29) is 11.4 Å². The number of nitrogens with one attached hydrogen (secondary N) is 2. The van der Waals surface area contributed by atoms with Gasteiger partial charge in [0.2, 0.25) is 0 Å². The lowest BCUT2D eigenvalue weighted by atomic mass is 10.1. The van der Waals surface area contributed by atoms with Crippen LogP contribution in [0.5, 0.6) is 0 Å². The summed E-state index contributed by atoms with van der Waals surface area (Å²) < 4.78 is 26.5. The van der Waals surface area contributed by atoms with Crippen molar-refractivity contribution in [3.05, 3.63) is 76.9 Å². The molecule has 3 nitrogen and oxygen atoms in total. The molecule has 0 spiro atoms. The predicted octanol–water partition coefficient (Wildman–Crippen LogP) is 3.30. The molecule has 0 fully saturated rings. The zero-order valence-corrected chi connectivity index (χ0v) is 12.1. The Balaban J connectivity index is 1.88. The van der Waals surface area contributed by atoms with Crippen molar-refractivity contribution in [1.82, 2.24) is 10.9 Å². The van der Waals surface area contributed by atoms with E-state index < -0.39 is 11.7 Å². The second kappa shape index (κ2) is 7.47. The summed E-state index contributed by atoms with van der Waals surface area (Å²) in [5, 5.41) is 0. The lowest BCUT2D eigenvalue weighted by Crippen LogP contribution is -2.38. The number of amides is 1. The first-order valence-corrected chi connectivity index (χ1v) is 6.77. The minimum absolute atomic E-state index is 0.0261. The number of carbonyl (C=O) groups is 1. The third kappa shape index (κ3) is 4.49. The highest BCUT2D eigenvalue weighted by Crippen LogP contribution is 2.08. The molecule has 2 aromatic rings. The fourth-order valence-electron chi connectivity index (χ4n) is 1.91. The first-order chi connectivity index (χ1) is 10.6. The number of rotatable bonds is 5. The van der Waals surface area contributed by atoms with E-state index in [0.717, 1.165) is 11.1 Å². The zero-order valence-electron chi connectivity index (χ0n) is 12.1. The molecular weight excluding hydrogens is 286 g/mol. The Hall–Kier alpha value is -2.53. The predicted molar refractivity (Wildman–Crippen MR) is 81.9 cm³/mol. The molecule has 2 aromatic carbocycles. The maximum atomic E-state index is 13.4. The van der Waals surface area contributed by atoms with E-state index in [1.165, 1.54) is 30.3 Å². The van der Waals surface area contributed by atoms with Gasteiger partial charge in [0.25, 0.3) is 5.91 Å². The number of hydrogen-bond acceptors (Lipinski definition) is 2. The van der Waals surface area contributed by atoms with Crippen molar-refractivity contribution in [2.75, 3.05) is 6.54 Å². The maximum absolute atomic E-state index is 13.4. The third-order valence-corrected chi connectivity index (χ3v) is 2.95. The quantitative estimate of drug-likeness (QED) is 0.832. The van der Waals surface area contributed by atoms with Crippen LogP contribution in [0.15, 0.2) is 54.1 Å². The Morgan fingerprint density at radius 3 is 2.64 bits per heavy atom. The van der Waals surface area contributed by atoms with Gasteiger partial charge in [-0.25, -0.2) is 14.2 Å². The van der Waals surface area contributed by atoms with Crippen molar-refractivity contribution < 1.29 is 13.6 Å². The van der Waals surface area contributed by atoms with Gasteiger partial charge < -0.3 is 0 Å². The van der Waals surface area contributed by atoms with Crippen molar-refractivity contribution in [2.24, 2.45) is 0 Å². The molecule has 0 aliphatic heterocycles. The standard InChI is InChI=1S/C17H16F2N2O/c1-12(9-13-5-4-6-14(18)10-13)11-20-21-17(22)15-7-2-3-8-16(15)19/h2-10,20H,11H2,1H3,(H,21,22)/b12-9+. The monoisotopic (exact) mass is 302 g/mol. The van der Waals surface area contributed by atoms with Gasteiger partial charge in [-0.05, 0) is 36.8 Å². The molecule has 114 valence electrons. The summed E-state index contributed by atoms with van der Waals surface area (Å²) >= 11 is 0. The Bertz CT molecular complexity index is 699. The van der Waals surface area contributed by atoms with Gasteiger partial charge in [0, 0.05) is 6.54 Å². The van der Waals surface area contributed by atoms with Gasteiger partial charge in [-0.2, -0.15) is 0 Å². The first kappa shape index (κ1) is 15.9. The summed E-state index contributed by atoms with van der Waals surface area (Å²) in [6.07, 6.45) is 1.80. The highest BCUT2D eigenvalue weighted by atomic mass is 19.1. The summed E-state index contributed by atoms with van der Waals surface area (Å²) in [7, 11) is 0. The summed E-state index contributed by atoms with van der Waals surface area (Å²) in [6, 6.07) is 11.9. The Labute approximate surface area is 127 Å². The van der Waals surface area contributed by atoms with E-state index in [9.17, 15) is 13.6 Å². The molecule has 0 heterocycles. The van der Waals surface area contributed by atoms with Crippen LogP contribution >= 0.6 is 0 Å². The highest BCUT2D eigenvalue weighted by molar-refractivity contribution is 5.94. The SMILES string of the molecule is C/C(=C\c1cccc(F)c1)CNNC(=O)c1ccccc1F. The van der Waals surface area contributed by atoms with Gasteiger partial charge in [-0.1, -0.05) is 35.9 Å². The largest absolute Gasteiger partial charge is 0.287 e. The molecule has 0 unspecified atom stereocenters. The van der Waals surface area contributed by atoms with Gasteiger partial charge in [0.05, 0.1) is 5.56 Å². The fourth-order valence-corrected chi connectivity index (χ4v) is 1.91. The summed E-state index contributed by atoms with van der Waals surface area (Å²) in [6.45, 7) is 2.20. The molecule has 0 aliphatic carbocycles. The van der Waals surface area contributed by atoms with Crippen LogP contribution in [0, 0.1) is 11.6 Å². The molecule has 2 rings (SSSR count). The van der Waals surface area contributed by atoms with Crippen molar-refractivity contribution in [1.29, 1.82) is 0 Å². The maximum Gasteiger partial charge on any atom is 0.268 e. The van der Waals surface area contributed by atoms with Crippen molar-refractivity contribution >= 4 is 12.0 Å². The normalized spacial score (nSPS) is 11.3. The number of carbonyl (C=O) groups excluding carboxylic acids is 1. The van der Waals surface area contributed by atoms with Gasteiger partial charge in [0.1, 0.15) is 11.6 Å². The highest BCUT2D eigenvalue weighted by Gasteiger charge is 2.09. The van der Waals surface area contributed by atoms with E-state index >= 15 is 0 Å². The second-order valence-electron chi connectivity index (χ2n) is 4.83. The first-order valence-electron chi connectivity index (χ1n) is 6.77. The number of halogens is 2. The van der Waals surface area contributed by atoms with Gasteiger partial charge >= 0.3 is 0 Å². The van der Waals surface area contributed by atoms with E-state index in [1.54, 1.807) is 24.3 Å². The summed E-state index contributed by atoms with van der Waals surface area (Å²) in [4.78, 5) is 11.8. The Morgan fingerprint density at radius 2 is 1.91 bits per heavy atom. The van der Waals surface area contributed by atoms with Crippen LogP contribution in [-0.2, 0) is 0 Å². The topological polar surface area (TPSA) is 41.1 Å². The summed E-state index contributed by atoms with van der Waals surface area (Å²) in [5.41, 5.74) is 6.74.